The summed E-state index contributed by atoms with van der Waals surface area (Å²) in [6.07, 6.45) is 2.78. The van der Waals surface area contributed by atoms with Crippen LogP contribution in [0.25, 0.3) is 0 Å². The van der Waals surface area contributed by atoms with Gasteiger partial charge < -0.3 is 16.0 Å². The van der Waals surface area contributed by atoms with E-state index in [1.807, 2.05) is 0 Å². The van der Waals surface area contributed by atoms with Crippen LogP contribution in [-0.2, 0) is 16.8 Å². The van der Waals surface area contributed by atoms with Crippen LogP contribution in [0.5, 0.6) is 0 Å². The zero-order chi connectivity index (χ0) is 10.2. The van der Waals surface area contributed by atoms with Gasteiger partial charge in [-0.1, -0.05) is 5.16 Å². The Balaban J connectivity index is 2.13. The standard InChI is InChI=1S/C8H12N4O2/c9-5(13)4-6-11-7(12-14-6)8(10)2-1-3-8/h1-4,10H2,(H2,9,13). The van der Waals surface area contributed by atoms with Crippen molar-refractivity contribution in [1.82, 2.24) is 10.1 Å². The number of carbonyl (C=O) groups excluding carboxylic acids is 1. The zero-order valence-electron chi connectivity index (χ0n) is 7.69. The van der Waals surface area contributed by atoms with Crippen molar-refractivity contribution in [3.63, 3.8) is 0 Å². The average molecular weight is 196 g/mol. The van der Waals surface area contributed by atoms with Gasteiger partial charge in [0.25, 0.3) is 0 Å². The van der Waals surface area contributed by atoms with Crippen LogP contribution in [0.15, 0.2) is 4.52 Å². The predicted molar refractivity (Wildman–Crippen MR) is 46.9 cm³/mol. The second kappa shape index (κ2) is 3.06. The minimum absolute atomic E-state index is 0.0247. The molecule has 4 N–H and O–H groups in total. The average Bonchev–Trinajstić information content (AvgIpc) is 2.47. The molecule has 1 fully saturated rings. The second-order valence-electron chi connectivity index (χ2n) is 3.66. The lowest BCUT2D eigenvalue weighted by atomic mass is 9.77. The molecule has 0 spiro atoms. The van der Waals surface area contributed by atoms with Gasteiger partial charge in [0, 0.05) is 0 Å². The summed E-state index contributed by atoms with van der Waals surface area (Å²) in [5.41, 5.74) is 10.5. The third-order valence-corrected chi connectivity index (χ3v) is 2.48. The van der Waals surface area contributed by atoms with E-state index in [2.05, 4.69) is 10.1 Å². The Morgan fingerprint density at radius 1 is 1.57 bits per heavy atom. The minimum Gasteiger partial charge on any atom is -0.369 e. The van der Waals surface area contributed by atoms with Crippen molar-refractivity contribution in [3.05, 3.63) is 11.7 Å². The normalized spacial score (nSPS) is 18.9. The Morgan fingerprint density at radius 3 is 2.79 bits per heavy atom. The fourth-order valence-electron chi connectivity index (χ4n) is 1.46. The molecular formula is C8H12N4O2. The molecule has 1 aromatic heterocycles. The molecule has 6 heteroatoms. The number of hydrogen-bond acceptors (Lipinski definition) is 5. The van der Waals surface area contributed by atoms with Crippen molar-refractivity contribution in [3.8, 4) is 0 Å². The van der Waals surface area contributed by atoms with Crippen molar-refractivity contribution in [2.24, 2.45) is 11.5 Å². The molecule has 0 atom stereocenters. The van der Waals surface area contributed by atoms with Gasteiger partial charge in [0.05, 0.1) is 5.54 Å². The number of rotatable bonds is 3. The van der Waals surface area contributed by atoms with E-state index in [1.165, 1.54) is 0 Å². The van der Waals surface area contributed by atoms with E-state index < -0.39 is 11.4 Å². The number of hydrogen-bond donors (Lipinski definition) is 2. The third-order valence-electron chi connectivity index (χ3n) is 2.48. The highest BCUT2D eigenvalue weighted by Gasteiger charge is 2.38. The van der Waals surface area contributed by atoms with Crippen molar-refractivity contribution < 1.29 is 9.32 Å². The zero-order valence-corrected chi connectivity index (χ0v) is 7.69. The Labute approximate surface area is 80.6 Å². The molecule has 0 aliphatic heterocycles. The second-order valence-corrected chi connectivity index (χ2v) is 3.66. The van der Waals surface area contributed by atoms with E-state index in [4.69, 9.17) is 16.0 Å². The lowest BCUT2D eigenvalue weighted by molar-refractivity contribution is -0.117. The van der Waals surface area contributed by atoms with Gasteiger partial charge in [-0.15, -0.1) is 0 Å². The largest absolute Gasteiger partial charge is 0.369 e. The van der Waals surface area contributed by atoms with E-state index >= 15 is 0 Å². The molecule has 1 saturated carbocycles. The first-order valence-corrected chi connectivity index (χ1v) is 4.50. The molecule has 0 aromatic carbocycles. The Bertz CT molecular complexity index is 356. The molecule has 76 valence electrons. The summed E-state index contributed by atoms with van der Waals surface area (Å²) in [4.78, 5) is 14.6. The molecule has 6 nitrogen and oxygen atoms in total. The molecule has 0 bridgehead atoms. The molecule has 1 aliphatic rings. The molecule has 14 heavy (non-hydrogen) atoms. The van der Waals surface area contributed by atoms with Gasteiger partial charge in [0.1, 0.15) is 6.42 Å². The van der Waals surface area contributed by atoms with Gasteiger partial charge >= 0.3 is 0 Å². The summed E-state index contributed by atoms with van der Waals surface area (Å²) in [7, 11) is 0. The van der Waals surface area contributed by atoms with Gasteiger partial charge in [0.2, 0.25) is 11.8 Å². The molecule has 0 unspecified atom stereocenters. The van der Waals surface area contributed by atoms with Crippen LogP contribution in [-0.4, -0.2) is 16.0 Å². The summed E-state index contributed by atoms with van der Waals surface area (Å²) in [6, 6.07) is 0. The number of carbonyl (C=O) groups is 1. The Kier molecular flexibility index (Phi) is 1.99. The number of nitrogens with two attached hydrogens (primary N) is 2. The fourth-order valence-corrected chi connectivity index (χ4v) is 1.46. The van der Waals surface area contributed by atoms with Gasteiger partial charge in [0.15, 0.2) is 5.82 Å². The molecule has 1 aliphatic carbocycles. The van der Waals surface area contributed by atoms with Crippen LogP contribution in [0.1, 0.15) is 31.0 Å². The lowest BCUT2D eigenvalue weighted by Crippen LogP contribution is -2.44. The molecular weight excluding hydrogens is 184 g/mol. The van der Waals surface area contributed by atoms with E-state index in [9.17, 15) is 4.79 Å². The van der Waals surface area contributed by atoms with E-state index in [-0.39, 0.29) is 12.3 Å². The predicted octanol–water partition coefficient (Wildman–Crippen LogP) is -0.565. The third kappa shape index (κ3) is 1.48. The summed E-state index contributed by atoms with van der Waals surface area (Å²) >= 11 is 0. The molecule has 1 amide bonds. The molecule has 1 heterocycles. The van der Waals surface area contributed by atoms with Crippen LogP contribution < -0.4 is 11.5 Å². The van der Waals surface area contributed by atoms with Gasteiger partial charge in [-0.05, 0) is 19.3 Å². The van der Waals surface area contributed by atoms with Crippen LogP contribution >= 0.6 is 0 Å². The van der Waals surface area contributed by atoms with Crippen LogP contribution in [0.3, 0.4) is 0 Å². The topological polar surface area (TPSA) is 108 Å². The molecule has 2 rings (SSSR count). The highest BCUT2D eigenvalue weighted by Crippen LogP contribution is 2.36. The van der Waals surface area contributed by atoms with Gasteiger partial charge in [-0.25, -0.2) is 0 Å². The number of primary amides is 1. The van der Waals surface area contributed by atoms with E-state index in [1.54, 1.807) is 0 Å². The summed E-state index contributed by atoms with van der Waals surface area (Å²) in [5.74, 6) is 0.240. The van der Waals surface area contributed by atoms with E-state index in [0.717, 1.165) is 19.3 Å². The Hall–Kier alpha value is -1.43. The maximum Gasteiger partial charge on any atom is 0.236 e. The fraction of sp³-hybridized carbons (Fsp3) is 0.625. The first kappa shape index (κ1) is 9.14. The smallest absolute Gasteiger partial charge is 0.236 e. The maximum atomic E-state index is 10.6. The molecule has 0 radical (unpaired) electrons. The van der Waals surface area contributed by atoms with Gasteiger partial charge in [-0.2, -0.15) is 4.98 Å². The summed E-state index contributed by atoms with van der Waals surface area (Å²) < 4.78 is 4.86. The van der Waals surface area contributed by atoms with Crippen molar-refractivity contribution in [2.75, 3.05) is 0 Å². The van der Waals surface area contributed by atoms with Crippen LogP contribution in [0.4, 0.5) is 0 Å². The van der Waals surface area contributed by atoms with Crippen LogP contribution in [0, 0.1) is 0 Å². The summed E-state index contributed by atoms with van der Waals surface area (Å²) in [5, 5.41) is 3.74. The quantitative estimate of drug-likeness (QED) is 0.673. The number of amides is 1. The Morgan fingerprint density at radius 2 is 2.29 bits per heavy atom. The number of nitrogens with zero attached hydrogens (tertiary/aromatic N) is 2. The highest BCUT2D eigenvalue weighted by atomic mass is 16.5. The van der Waals surface area contributed by atoms with Gasteiger partial charge in [-0.3, -0.25) is 4.79 Å². The minimum atomic E-state index is -0.486. The van der Waals surface area contributed by atoms with Crippen LogP contribution in [0.2, 0.25) is 0 Å². The first-order chi connectivity index (χ1) is 6.60. The van der Waals surface area contributed by atoms with Crippen molar-refractivity contribution in [1.29, 1.82) is 0 Å². The summed E-state index contributed by atoms with van der Waals surface area (Å²) in [6.45, 7) is 0. The van der Waals surface area contributed by atoms with Crippen molar-refractivity contribution >= 4 is 5.91 Å². The monoisotopic (exact) mass is 196 g/mol. The lowest BCUT2D eigenvalue weighted by Gasteiger charge is -2.34. The maximum absolute atomic E-state index is 10.6. The highest BCUT2D eigenvalue weighted by molar-refractivity contribution is 5.75. The number of aromatic nitrogens is 2. The van der Waals surface area contributed by atoms with E-state index in [0.29, 0.717) is 5.82 Å². The first-order valence-electron chi connectivity index (χ1n) is 4.50. The SMILES string of the molecule is NC(=O)Cc1nc(C2(N)CCC2)no1. The van der Waals surface area contributed by atoms with Crippen molar-refractivity contribution in [2.45, 2.75) is 31.2 Å². The molecule has 1 aromatic rings. The molecule has 0 saturated heterocycles.